The fourth-order valence-electron chi connectivity index (χ4n) is 2.81. The highest BCUT2D eigenvalue weighted by Gasteiger charge is 2.40. The van der Waals surface area contributed by atoms with Crippen LogP contribution in [0.1, 0.15) is 52.9 Å². The van der Waals surface area contributed by atoms with Gasteiger partial charge in [0, 0.05) is 6.04 Å². The van der Waals surface area contributed by atoms with Crippen LogP contribution >= 0.6 is 0 Å². The standard InChI is InChI=1S/C15H28N2O3/c1-4-6-15(14(19)20)7-9-17(10-8-15)11-13(18)16-12(3)5-2/h12H,4-11H2,1-3H3,(H,16,18)(H,19,20). The molecule has 1 aliphatic rings. The number of likely N-dealkylation sites (tertiary alicyclic amines) is 1. The third-order valence-electron chi connectivity index (χ3n) is 4.38. The van der Waals surface area contributed by atoms with Gasteiger partial charge in [-0.2, -0.15) is 0 Å². The Morgan fingerprint density at radius 2 is 1.90 bits per heavy atom. The monoisotopic (exact) mass is 284 g/mol. The zero-order chi connectivity index (χ0) is 15.2. The van der Waals surface area contributed by atoms with Gasteiger partial charge in [0.1, 0.15) is 0 Å². The van der Waals surface area contributed by atoms with Crippen LogP contribution < -0.4 is 5.32 Å². The summed E-state index contributed by atoms with van der Waals surface area (Å²) in [4.78, 5) is 25.4. The molecule has 116 valence electrons. The van der Waals surface area contributed by atoms with Crippen molar-refractivity contribution in [3.63, 3.8) is 0 Å². The molecule has 5 heteroatoms. The van der Waals surface area contributed by atoms with Gasteiger partial charge >= 0.3 is 5.97 Å². The number of piperidine rings is 1. The Morgan fingerprint density at radius 1 is 1.30 bits per heavy atom. The molecule has 1 unspecified atom stereocenters. The summed E-state index contributed by atoms with van der Waals surface area (Å²) in [5.41, 5.74) is -0.571. The molecule has 0 spiro atoms. The van der Waals surface area contributed by atoms with Crippen molar-refractivity contribution in [3.8, 4) is 0 Å². The molecule has 1 atom stereocenters. The topological polar surface area (TPSA) is 69.6 Å². The van der Waals surface area contributed by atoms with Crippen molar-refractivity contribution < 1.29 is 14.7 Å². The molecule has 1 amide bonds. The van der Waals surface area contributed by atoms with Gasteiger partial charge in [-0.3, -0.25) is 14.5 Å². The van der Waals surface area contributed by atoms with Crippen molar-refractivity contribution in [2.45, 2.75) is 58.9 Å². The molecule has 0 bridgehead atoms. The second-order valence-electron chi connectivity index (χ2n) is 5.99. The van der Waals surface area contributed by atoms with Crippen molar-refractivity contribution in [2.24, 2.45) is 5.41 Å². The maximum atomic E-state index is 11.8. The van der Waals surface area contributed by atoms with Gasteiger partial charge in [0.05, 0.1) is 12.0 Å². The fourth-order valence-corrected chi connectivity index (χ4v) is 2.81. The van der Waals surface area contributed by atoms with Gasteiger partial charge in [-0.15, -0.1) is 0 Å². The maximum Gasteiger partial charge on any atom is 0.309 e. The van der Waals surface area contributed by atoms with Crippen LogP contribution in [0.5, 0.6) is 0 Å². The second kappa shape index (κ2) is 7.62. The largest absolute Gasteiger partial charge is 0.481 e. The summed E-state index contributed by atoms with van der Waals surface area (Å²) in [6.07, 6.45) is 3.83. The molecule has 1 rings (SSSR count). The van der Waals surface area contributed by atoms with Crippen molar-refractivity contribution in [1.29, 1.82) is 0 Å². The number of carboxylic acids is 1. The van der Waals surface area contributed by atoms with Crippen LogP contribution in [0.3, 0.4) is 0 Å². The average molecular weight is 284 g/mol. The molecule has 2 N–H and O–H groups in total. The normalized spacial score (nSPS) is 20.4. The quantitative estimate of drug-likeness (QED) is 0.749. The summed E-state index contributed by atoms with van der Waals surface area (Å²) in [6.45, 7) is 7.83. The van der Waals surface area contributed by atoms with Crippen molar-refractivity contribution in [1.82, 2.24) is 10.2 Å². The number of hydrogen-bond donors (Lipinski definition) is 2. The molecule has 0 aromatic heterocycles. The van der Waals surface area contributed by atoms with Crippen molar-refractivity contribution in [3.05, 3.63) is 0 Å². The summed E-state index contributed by atoms with van der Waals surface area (Å²) in [7, 11) is 0. The van der Waals surface area contributed by atoms with Crippen LogP contribution in [0.4, 0.5) is 0 Å². The van der Waals surface area contributed by atoms with E-state index in [-0.39, 0.29) is 11.9 Å². The number of hydrogen-bond acceptors (Lipinski definition) is 3. The van der Waals surface area contributed by atoms with Crippen LogP contribution in [-0.2, 0) is 9.59 Å². The fraction of sp³-hybridized carbons (Fsp3) is 0.867. The third kappa shape index (κ3) is 4.47. The Morgan fingerprint density at radius 3 is 2.35 bits per heavy atom. The van der Waals surface area contributed by atoms with Gasteiger partial charge in [-0.25, -0.2) is 0 Å². The highest BCUT2D eigenvalue weighted by molar-refractivity contribution is 5.78. The first-order valence-electron chi connectivity index (χ1n) is 7.68. The molecule has 5 nitrogen and oxygen atoms in total. The Kier molecular flexibility index (Phi) is 6.46. The lowest BCUT2D eigenvalue weighted by Gasteiger charge is -2.38. The summed E-state index contributed by atoms with van der Waals surface area (Å²) in [5, 5.41) is 12.4. The number of aliphatic carboxylic acids is 1. The van der Waals surface area contributed by atoms with Crippen LogP contribution in [0.2, 0.25) is 0 Å². The van der Waals surface area contributed by atoms with Crippen LogP contribution in [0.15, 0.2) is 0 Å². The Bertz CT molecular complexity index is 336. The maximum absolute atomic E-state index is 11.8. The molecule has 0 aromatic carbocycles. The van der Waals surface area contributed by atoms with E-state index in [0.717, 1.165) is 19.3 Å². The summed E-state index contributed by atoms with van der Waals surface area (Å²) >= 11 is 0. The van der Waals surface area contributed by atoms with E-state index < -0.39 is 11.4 Å². The van der Waals surface area contributed by atoms with E-state index >= 15 is 0 Å². The number of carbonyl (C=O) groups is 2. The van der Waals surface area contributed by atoms with E-state index in [1.165, 1.54) is 0 Å². The Hall–Kier alpha value is -1.10. The lowest BCUT2D eigenvalue weighted by molar-refractivity contribution is -0.152. The minimum Gasteiger partial charge on any atom is -0.481 e. The minimum absolute atomic E-state index is 0.0395. The van der Waals surface area contributed by atoms with E-state index in [4.69, 9.17) is 0 Å². The van der Waals surface area contributed by atoms with E-state index in [1.807, 2.05) is 20.8 Å². The molecule has 1 aliphatic heterocycles. The van der Waals surface area contributed by atoms with Gasteiger partial charge in [0.15, 0.2) is 0 Å². The van der Waals surface area contributed by atoms with Crippen LogP contribution in [-0.4, -0.2) is 47.6 Å². The van der Waals surface area contributed by atoms with Crippen molar-refractivity contribution >= 4 is 11.9 Å². The lowest BCUT2D eigenvalue weighted by atomic mass is 9.75. The molecule has 0 aromatic rings. The van der Waals surface area contributed by atoms with Gasteiger partial charge in [0.25, 0.3) is 0 Å². The van der Waals surface area contributed by atoms with E-state index in [2.05, 4.69) is 10.2 Å². The second-order valence-corrected chi connectivity index (χ2v) is 5.99. The van der Waals surface area contributed by atoms with Crippen LogP contribution in [0, 0.1) is 5.41 Å². The first kappa shape index (κ1) is 17.0. The van der Waals surface area contributed by atoms with E-state index in [9.17, 15) is 14.7 Å². The van der Waals surface area contributed by atoms with Gasteiger partial charge < -0.3 is 10.4 Å². The molecule has 20 heavy (non-hydrogen) atoms. The number of rotatable bonds is 7. The summed E-state index contributed by atoms with van der Waals surface area (Å²) in [6, 6.07) is 0.200. The molecule has 1 heterocycles. The molecule has 0 radical (unpaired) electrons. The number of nitrogens with one attached hydrogen (secondary N) is 1. The SMILES string of the molecule is CCCC1(C(=O)O)CCN(CC(=O)NC(C)CC)CC1. The Labute approximate surface area is 121 Å². The third-order valence-corrected chi connectivity index (χ3v) is 4.38. The molecular weight excluding hydrogens is 256 g/mol. The van der Waals surface area contributed by atoms with Crippen molar-refractivity contribution in [2.75, 3.05) is 19.6 Å². The number of carbonyl (C=O) groups excluding carboxylic acids is 1. The molecule has 0 saturated carbocycles. The summed E-state index contributed by atoms with van der Waals surface area (Å²) in [5.74, 6) is -0.638. The van der Waals surface area contributed by atoms with Gasteiger partial charge in [-0.1, -0.05) is 20.3 Å². The number of nitrogens with zero attached hydrogens (tertiary/aromatic N) is 1. The molecule has 1 fully saturated rings. The zero-order valence-electron chi connectivity index (χ0n) is 12.9. The van der Waals surface area contributed by atoms with Crippen LogP contribution in [0.25, 0.3) is 0 Å². The molecule has 0 aliphatic carbocycles. The van der Waals surface area contributed by atoms with Gasteiger partial charge in [0.2, 0.25) is 5.91 Å². The smallest absolute Gasteiger partial charge is 0.309 e. The summed E-state index contributed by atoms with van der Waals surface area (Å²) < 4.78 is 0. The molecular formula is C15H28N2O3. The zero-order valence-corrected chi connectivity index (χ0v) is 12.9. The predicted octanol–water partition coefficient (Wildman–Crippen LogP) is 1.87. The predicted molar refractivity (Wildman–Crippen MR) is 78.5 cm³/mol. The van der Waals surface area contributed by atoms with E-state index in [1.54, 1.807) is 0 Å². The van der Waals surface area contributed by atoms with E-state index in [0.29, 0.717) is 32.5 Å². The lowest BCUT2D eigenvalue weighted by Crippen LogP contribution is -2.48. The average Bonchev–Trinajstić information content (AvgIpc) is 2.41. The minimum atomic E-state index is -0.678. The Balaban J connectivity index is 2.45. The highest BCUT2D eigenvalue weighted by atomic mass is 16.4. The first-order chi connectivity index (χ1) is 9.43. The highest BCUT2D eigenvalue weighted by Crippen LogP contribution is 2.36. The number of amides is 1. The van der Waals surface area contributed by atoms with Gasteiger partial charge in [-0.05, 0) is 45.7 Å². The number of carboxylic acid groups (broad SMARTS) is 1. The molecule has 1 saturated heterocycles. The first-order valence-corrected chi connectivity index (χ1v) is 7.68.